The highest BCUT2D eigenvalue weighted by Crippen LogP contribution is 2.11. The predicted octanol–water partition coefficient (Wildman–Crippen LogP) is -2.26. The summed E-state index contributed by atoms with van der Waals surface area (Å²) in [6.07, 6.45) is 0.712. The number of aromatic hydroxyl groups is 1. The Bertz CT molecular complexity index is 915. The topological polar surface area (TPSA) is 240 Å². The Kier molecular flexibility index (Phi) is 13.3. The van der Waals surface area contributed by atoms with Crippen molar-refractivity contribution in [3.05, 3.63) is 29.8 Å². The number of hydrogen-bond acceptors (Lipinski definition) is 9. The number of rotatable bonds is 16. The highest BCUT2D eigenvalue weighted by Gasteiger charge is 2.30. The van der Waals surface area contributed by atoms with Crippen LogP contribution < -0.4 is 33.2 Å². The summed E-state index contributed by atoms with van der Waals surface area (Å²) in [6, 6.07) is 1.04. The van der Waals surface area contributed by atoms with Gasteiger partial charge in [-0.15, -0.1) is 0 Å². The van der Waals surface area contributed by atoms with Gasteiger partial charge < -0.3 is 43.4 Å². The van der Waals surface area contributed by atoms with Crippen LogP contribution in [0.15, 0.2) is 24.3 Å². The molecule has 0 bridgehead atoms. The van der Waals surface area contributed by atoms with Gasteiger partial charge in [0.05, 0.1) is 12.5 Å². The van der Waals surface area contributed by atoms with Gasteiger partial charge >= 0.3 is 5.97 Å². The Morgan fingerprint density at radius 3 is 1.97 bits per heavy atom. The largest absolute Gasteiger partial charge is 0.508 e. The molecule has 0 heterocycles. The highest BCUT2D eigenvalue weighted by atomic mass is 32.1. The summed E-state index contributed by atoms with van der Waals surface area (Å²) in [5, 5.41) is 25.7. The molecule has 0 aliphatic rings. The van der Waals surface area contributed by atoms with E-state index in [0.717, 1.165) is 0 Å². The van der Waals surface area contributed by atoms with Gasteiger partial charge in [0, 0.05) is 5.75 Å². The molecule has 0 aromatic heterocycles. The van der Waals surface area contributed by atoms with Gasteiger partial charge in [-0.3, -0.25) is 19.2 Å². The Hall–Kier alpha value is -3.36. The van der Waals surface area contributed by atoms with E-state index in [1.165, 1.54) is 12.1 Å². The van der Waals surface area contributed by atoms with Crippen LogP contribution in [-0.2, 0) is 30.4 Å². The van der Waals surface area contributed by atoms with E-state index in [1.54, 1.807) is 12.1 Å². The first-order valence-electron chi connectivity index (χ1n) is 11.2. The maximum absolute atomic E-state index is 12.8. The number of amides is 4. The number of nitrogens with two attached hydrogens (primary N) is 3. The van der Waals surface area contributed by atoms with Crippen LogP contribution in [0.5, 0.6) is 5.75 Å². The summed E-state index contributed by atoms with van der Waals surface area (Å²) >= 11 is 4.04. The molecule has 0 radical (unpaired) electrons. The van der Waals surface area contributed by atoms with E-state index < -0.39 is 60.2 Å². The summed E-state index contributed by atoms with van der Waals surface area (Å²) in [5.41, 5.74) is 17.2. The van der Waals surface area contributed by atoms with Crippen LogP contribution in [0.1, 0.15) is 31.2 Å². The van der Waals surface area contributed by atoms with Crippen LogP contribution in [0.4, 0.5) is 0 Å². The number of phenols is 1. The van der Waals surface area contributed by atoms with Crippen molar-refractivity contribution < 1.29 is 34.2 Å². The summed E-state index contributed by atoms with van der Waals surface area (Å²) < 4.78 is 0. The molecule has 0 spiro atoms. The monoisotopic (exact) mass is 526 g/mol. The van der Waals surface area contributed by atoms with E-state index in [2.05, 4.69) is 28.6 Å². The van der Waals surface area contributed by atoms with Gasteiger partial charge in [-0.25, -0.2) is 4.79 Å². The lowest BCUT2D eigenvalue weighted by Crippen LogP contribution is -2.58. The lowest BCUT2D eigenvalue weighted by atomic mass is 10.0. The molecule has 36 heavy (non-hydrogen) atoms. The lowest BCUT2D eigenvalue weighted by Gasteiger charge is -2.24. The second kappa shape index (κ2) is 15.6. The zero-order valence-electron chi connectivity index (χ0n) is 19.7. The van der Waals surface area contributed by atoms with Crippen LogP contribution in [-0.4, -0.2) is 76.3 Å². The number of primary amides is 1. The molecule has 200 valence electrons. The van der Waals surface area contributed by atoms with E-state index in [9.17, 15) is 34.2 Å². The minimum atomic E-state index is -1.43. The summed E-state index contributed by atoms with van der Waals surface area (Å²) in [4.78, 5) is 60.9. The molecule has 0 saturated heterocycles. The third-order valence-corrected chi connectivity index (χ3v) is 5.51. The van der Waals surface area contributed by atoms with Crippen LogP contribution >= 0.6 is 12.6 Å². The minimum absolute atomic E-state index is 0.0444. The van der Waals surface area contributed by atoms with Gasteiger partial charge in [-0.05, 0) is 49.9 Å². The number of thiol groups is 1. The quantitative estimate of drug-likeness (QED) is 0.0832. The number of unbranched alkanes of at least 4 members (excludes halogenated alkanes) is 1. The molecule has 1 aromatic rings. The molecule has 11 N–H and O–H groups in total. The van der Waals surface area contributed by atoms with Crippen molar-refractivity contribution in [3.8, 4) is 5.75 Å². The van der Waals surface area contributed by atoms with Gasteiger partial charge in [0.25, 0.3) is 0 Å². The fourth-order valence-electron chi connectivity index (χ4n) is 3.16. The summed E-state index contributed by atoms with van der Waals surface area (Å²) in [7, 11) is 0. The van der Waals surface area contributed by atoms with Crippen molar-refractivity contribution in [2.75, 3.05) is 12.3 Å². The fraction of sp³-hybridized carbons (Fsp3) is 0.500. The molecule has 0 saturated carbocycles. The van der Waals surface area contributed by atoms with E-state index in [1.807, 2.05) is 0 Å². The Morgan fingerprint density at radius 2 is 1.44 bits per heavy atom. The fourth-order valence-corrected chi connectivity index (χ4v) is 3.41. The van der Waals surface area contributed by atoms with E-state index in [4.69, 9.17) is 17.2 Å². The first-order valence-corrected chi connectivity index (χ1v) is 11.9. The summed E-state index contributed by atoms with van der Waals surface area (Å²) in [6.45, 7) is 0.376. The second-order valence-electron chi connectivity index (χ2n) is 8.14. The predicted molar refractivity (Wildman–Crippen MR) is 134 cm³/mol. The zero-order valence-corrected chi connectivity index (χ0v) is 20.6. The molecule has 14 heteroatoms. The highest BCUT2D eigenvalue weighted by molar-refractivity contribution is 7.80. The van der Waals surface area contributed by atoms with Crippen molar-refractivity contribution >= 4 is 42.2 Å². The minimum Gasteiger partial charge on any atom is -0.508 e. The molecular weight excluding hydrogens is 492 g/mol. The van der Waals surface area contributed by atoms with Crippen molar-refractivity contribution in [2.45, 2.75) is 56.3 Å². The first-order chi connectivity index (χ1) is 17.0. The number of carbonyl (C=O) groups excluding carboxylic acids is 4. The van der Waals surface area contributed by atoms with E-state index in [-0.39, 0.29) is 24.3 Å². The van der Waals surface area contributed by atoms with Crippen LogP contribution in [0.25, 0.3) is 0 Å². The van der Waals surface area contributed by atoms with Gasteiger partial charge in [0.15, 0.2) is 0 Å². The molecule has 13 nitrogen and oxygen atoms in total. The normalized spacial score (nSPS) is 14.1. The first kappa shape index (κ1) is 30.7. The molecule has 0 fully saturated rings. The van der Waals surface area contributed by atoms with Crippen molar-refractivity contribution in [1.82, 2.24) is 16.0 Å². The van der Waals surface area contributed by atoms with E-state index >= 15 is 0 Å². The molecule has 0 aliphatic carbocycles. The standard InChI is InChI=1S/C22H34N6O7S/c23-8-2-1-3-15(22(34)35)26-21(33)17(11-36)28-20(32)16(10-18(25)30)27-19(31)14(24)9-12-4-6-13(29)7-5-12/h4-7,14-17,29,36H,1-3,8-11,23-24H2,(H2,25,30)(H,26,33)(H,27,31)(H,28,32)(H,34,35). The average molecular weight is 527 g/mol. The van der Waals surface area contributed by atoms with Crippen LogP contribution in [0.3, 0.4) is 0 Å². The molecule has 0 aliphatic heterocycles. The second-order valence-corrected chi connectivity index (χ2v) is 8.50. The number of carboxylic acids is 1. The molecule has 1 aromatic carbocycles. The van der Waals surface area contributed by atoms with E-state index in [0.29, 0.717) is 24.9 Å². The van der Waals surface area contributed by atoms with Crippen LogP contribution in [0, 0.1) is 0 Å². The third-order valence-electron chi connectivity index (χ3n) is 5.14. The van der Waals surface area contributed by atoms with Crippen molar-refractivity contribution in [2.24, 2.45) is 17.2 Å². The number of carboxylic acid groups (broad SMARTS) is 1. The number of phenolic OH excluding ortho intramolecular Hbond substituents is 1. The number of carbonyl (C=O) groups is 5. The molecule has 4 unspecified atom stereocenters. The molecule has 1 rings (SSSR count). The average Bonchev–Trinajstić information content (AvgIpc) is 2.82. The molecular formula is C22H34N6O7S. The number of aliphatic carboxylic acids is 1. The van der Waals surface area contributed by atoms with Gasteiger partial charge in [-0.2, -0.15) is 12.6 Å². The summed E-state index contributed by atoms with van der Waals surface area (Å²) in [5.74, 6) is -4.73. The maximum atomic E-state index is 12.8. The molecule has 4 amide bonds. The Labute approximate surface area is 213 Å². The van der Waals surface area contributed by atoms with Crippen LogP contribution in [0.2, 0.25) is 0 Å². The van der Waals surface area contributed by atoms with Gasteiger partial charge in [-0.1, -0.05) is 12.1 Å². The lowest BCUT2D eigenvalue weighted by molar-refractivity contribution is -0.142. The SMILES string of the molecule is NCCCCC(NC(=O)C(CS)NC(=O)C(CC(N)=O)NC(=O)C(N)Cc1ccc(O)cc1)C(=O)O. The zero-order chi connectivity index (χ0) is 27.3. The van der Waals surface area contributed by atoms with Crippen molar-refractivity contribution in [1.29, 1.82) is 0 Å². The third kappa shape index (κ3) is 10.9. The van der Waals surface area contributed by atoms with Crippen molar-refractivity contribution in [3.63, 3.8) is 0 Å². The maximum Gasteiger partial charge on any atom is 0.326 e. The number of hydrogen-bond donors (Lipinski definition) is 9. The number of nitrogens with one attached hydrogen (secondary N) is 3. The Balaban J connectivity index is 2.83. The number of benzene rings is 1. The Morgan fingerprint density at radius 1 is 0.889 bits per heavy atom. The smallest absolute Gasteiger partial charge is 0.326 e. The van der Waals surface area contributed by atoms with Gasteiger partial charge in [0.1, 0.15) is 23.9 Å². The molecule has 4 atom stereocenters. The van der Waals surface area contributed by atoms with Gasteiger partial charge in [0.2, 0.25) is 23.6 Å².